The van der Waals surface area contributed by atoms with Crippen LogP contribution in [0.4, 0.5) is 4.39 Å². The predicted octanol–water partition coefficient (Wildman–Crippen LogP) is 4.46. The second-order valence-electron chi connectivity index (χ2n) is 8.36. The molecule has 2 atom stereocenters. The van der Waals surface area contributed by atoms with Crippen LogP contribution < -0.4 is 4.74 Å². The van der Waals surface area contributed by atoms with E-state index in [2.05, 4.69) is 4.98 Å². The Morgan fingerprint density at radius 1 is 1.21 bits per heavy atom. The van der Waals surface area contributed by atoms with Gasteiger partial charge in [-0.05, 0) is 68.2 Å². The number of nitrogens with zero attached hydrogens (tertiary/aromatic N) is 3. The minimum atomic E-state index is -0.795. The highest BCUT2D eigenvalue weighted by Gasteiger charge is 2.33. The van der Waals surface area contributed by atoms with Gasteiger partial charge >= 0.3 is 0 Å². The third-order valence-electron chi connectivity index (χ3n) is 5.92. The van der Waals surface area contributed by atoms with Crippen LogP contribution in [0.5, 0.6) is 5.75 Å². The van der Waals surface area contributed by atoms with Crippen molar-refractivity contribution in [2.24, 2.45) is 0 Å². The summed E-state index contributed by atoms with van der Waals surface area (Å²) in [5, 5.41) is 10.5. The van der Waals surface area contributed by atoms with E-state index in [0.717, 1.165) is 23.4 Å². The molecule has 1 N–H and O–H groups in total. The van der Waals surface area contributed by atoms with Crippen molar-refractivity contribution >= 4 is 12.0 Å². The van der Waals surface area contributed by atoms with Gasteiger partial charge in [0.05, 0.1) is 37.0 Å². The molecule has 1 fully saturated rings. The number of aliphatic hydroxyl groups is 1. The van der Waals surface area contributed by atoms with Gasteiger partial charge in [-0.15, -0.1) is 0 Å². The maximum Gasteiger partial charge on any atom is 0.250 e. The molecule has 0 bridgehead atoms. The molecular weight excluding hydrogens is 421 g/mol. The van der Waals surface area contributed by atoms with E-state index in [-0.39, 0.29) is 11.7 Å². The van der Waals surface area contributed by atoms with Gasteiger partial charge < -0.3 is 19.3 Å². The summed E-state index contributed by atoms with van der Waals surface area (Å²) >= 11 is 0. The SMILES string of the molecule is COc1cc(C=C2CCCN([C@H](c3ccc(F)cc3)[C@@H](C)O)C2=O)ccc1-n1cnc(C)c1. The lowest BCUT2D eigenvalue weighted by molar-refractivity contribution is -0.133. The van der Waals surface area contributed by atoms with Crippen LogP contribution in [0, 0.1) is 12.7 Å². The van der Waals surface area contributed by atoms with Crippen molar-refractivity contribution in [3.8, 4) is 11.4 Å². The van der Waals surface area contributed by atoms with Crippen LogP contribution in [-0.2, 0) is 4.79 Å². The number of benzene rings is 2. The van der Waals surface area contributed by atoms with E-state index in [1.54, 1.807) is 37.4 Å². The molecular formula is C26H28FN3O3. The second kappa shape index (κ2) is 9.58. The van der Waals surface area contributed by atoms with Crippen molar-refractivity contribution in [2.45, 2.75) is 38.8 Å². The number of ether oxygens (including phenoxy) is 1. The van der Waals surface area contributed by atoms with Gasteiger partial charge in [0.2, 0.25) is 5.91 Å². The zero-order valence-electron chi connectivity index (χ0n) is 19.0. The van der Waals surface area contributed by atoms with Gasteiger partial charge in [-0.1, -0.05) is 18.2 Å². The van der Waals surface area contributed by atoms with E-state index in [4.69, 9.17) is 4.74 Å². The molecule has 0 aliphatic carbocycles. The maximum absolute atomic E-state index is 13.4. The Morgan fingerprint density at radius 3 is 2.61 bits per heavy atom. The summed E-state index contributed by atoms with van der Waals surface area (Å²) < 4.78 is 20.9. The molecule has 3 aromatic rings. The van der Waals surface area contributed by atoms with Crippen LogP contribution in [-0.4, -0.2) is 45.2 Å². The number of aliphatic hydroxyl groups excluding tert-OH is 1. The first kappa shape index (κ1) is 22.7. The number of aryl methyl sites for hydroxylation is 1. The monoisotopic (exact) mass is 449 g/mol. The largest absolute Gasteiger partial charge is 0.495 e. The summed E-state index contributed by atoms with van der Waals surface area (Å²) in [6.45, 7) is 4.11. The molecule has 2 aromatic carbocycles. The number of rotatable bonds is 6. The van der Waals surface area contributed by atoms with E-state index < -0.39 is 12.1 Å². The third kappa shape index (κ3) is 4.83. The van der Waals surface area contributed by atoms with E-state index in [9.17, 15) is 14.3 Å². The minimum Gasteiger partial charge on any atom is -0.495 e. The normalized spacial score (nSPS) is 17.3. The average molecular weight is 450 g/mol. The summed E-state index contributed by atoms with van der Waals surface area (Å²) in [6, 6.07) is 11.2. The average Bonchev–Trinajstić information content (AvgIpc) is 3.23. The molecule has 0 unspecified atom stereocenters. The van der Waals surface area contributed by atoms with E-state index in [0.29, 0.717) is 29.9 Å². The van der Waals surface area contributed by atoms with Crippen molar-refractivity contribution < 1.29 is 19.0 Å². The number of hydrogen-bond donors (Lipinski definition) is 1. The van der Waals surface area contributed by atoms with Gasteiger partial charge in [0.1, 0.15) is 11.6 Å². The van der Waals surface area contributed by atoms with Crippen molar-refractivity contribution in [2.75, 3.05) is 13.7 Å². The third-order valence-corrected chi connectivity index (χ3v) is 5.92. The fourth-order valence-corrected chi connectivity index (χ4v) is 4.36. The molecule has 2 heterocycles. The minimum absolute atomic E-state index is 0.121. The number of carbonyl (C=O) groups is 1. The second-order valence-corrected chi connectivity index (χ2v) is 8.36. The van der Waals surface area contributed by atoms with Crippen LogP contribution in [0.25, 0.3) is 11.8 Å². The Bertz CT molecular complexity index is 1170. The van der Waals surface area contributed by atoms with Gasteiger partial charge in [-0.2, -0.15) is 0 Å². The Labute approximate surface area is 192 Å². The first-order valence-corrected chi connectivity index (χ1v) is 11.0. The van der Waals surface area contributed by atoms with Crippen LogP contribution >= 0.6 is 0 Å². The maximum atomic E-state index is 13.4. The molecule has 1 aliphatic heterocycles. The molecule has 4 rings (SSSR count). The summed E-state index contributed by atoms with van der Waals surface area (Å²) in [4.78, 5) is 19.3. The van der Waals surface area contributed by atoms with Crippen LogP contribution in [0.15, 0.2) is 60.6 Å². The molecule has 7 heteroatoms. The zero-order chi connectivity index (χ0) is 23.5. The number of carbonyl (C=O) groups excluding carboxylic acids is 1. The Kier molecular flexibility index (Phi) is 6.60. The molecule has 1 saturated heterocycles. The number of likely N-dealkylation sites (tertiary alicyclic amines) is 1. The van der Waals surface area contributed by atoms with Crippen molar-refractivity contribution in [3.63, 3.8) is 0 Å². The van der Waals surface area contributed by atoms with Gasteiger partial charge in [-0.25, -0.2) is 9.37 Å². The van der Waals surface area contributed by atoms with Crippen LogP contribution in [0.2, 0.25) is 0 Å². The highest BCUT2D eigenvalue weighted by molar-refractivity contribution is 5.99. The quantitative estimate of drug-likeness (QED) is 0.565. The smallest absolute Gasteiger partial charge is 0.250 e. The lowest BCUT2D eigenvalue weighted by Gasteiger charge is -2.37. The molecule has 0 radical (unpaired) electrons. The number of aromatic nitrogens is 2. The first-order valence-electron chi connectivity index (χ1n) is 11.0. The summed E-state index contributed by atoms with van der Waals surface area (Å²) in [7, 11) is 1.61. The highest BCUT2D eigenvalue weighted by Crippen LogP contribution is 2.32. The molecule has 0 spiro atoms. The van der Waals surface area contributed by atoms with E-state index in [1.807, 2.05) is 42.0 Å². The lowest BCUT2D eigenvalue weighted by Crippen LogP contribution is -2.43. The number of halogens is 1. The Balaban J connectivity index is 1.63. The summed E-state index contributed by atoms with van der Waals surface area (Å²) in [6.07, 6.45) is 6.17. The van der Waals surface area contributed by atoms with Crippen molar-refractivity contribution in [3.05, 3.63) is 83.2 Å². The van der Waals surface area contributed by atoms with Gasteiger partial charge in [0.25, 0.3) is 0 Å². The summed E-state index contributed by atoms with van der Waals surface area (Å²) in [5.41, 5.74) is 4.00. The molecule has 0 saturated carbocycles. The fourth-order valence-electron chi connectivity index (χ4n) is 4.36. The molecule has 6 nitrogen and oxygen atoms in total. The highest BCUT2D eigenvalue weighted by atomic mass is 19.1. The zero-order valence-corrected chi connectivity index (χ0v) is 19.0. The van der Waals surface area contributed by atoms with Crippen molar-refractivity contribution in [1.82, 2.24) is 14.5 Å². The Morgan fingerprint density at radius 2 is 1.97 bits per heavy atom. The topological polar surface area (TPSA) is 67.6 Å². The molecule has 1 aromatic heterocycles. The predicted molar refractivity (Wildman–Crippen MR) is 125 cm³/mol. The fraction of sp³-hybridized carbons (Fsp3) is 0.308. The van der Waals surface area contributed by atoms with Crippen molar-refractivity contribution in [1.29, 1.82) is 0 Å². The lowest BCUT2D eigenvalue weighted by atomic mass is 9.94. The molecule has 172 valence electrons. The number of piperidine rings is 1. The van der Waals surface area contributed by atoms with Gasteiger partial charge in [0.15, 0.2) is 0 Å². The number of methoxy groups -OCH3 is 1. The van der Waals surface area contributed by atoms with E-state index >= 15 is 0 Å². The van der Waals surface area contributed by atoms with Gasteiger partial charge in [-0.3, -0.25) is 4.79 Å². The molecule has 1 amide bonds. The standard InChI is InChI=1S/C26H28FN3O3/c1-17-15-29(16-28-17)23-11-6-19(14-24(23)33-3)13-21-5-4-12-30(26(21)32)25(18(2)31)20-7-9-22(27)10-8-20/h6-11,13-16,18,25,31H,4-5,12H2,1-3H3/t18-,25+/m1/s1. The summed E-state index contributed by atoms with van der Waals surface area (Å²) in [5.74, 6) is 0.205. The van der Waals surface area contributed by atoms with Crippen LogP contribution in [0.3, 0.4) is 0 Å². The van der Waals surface area contributed by atoms with Crippen LogP contribution in [0.1, 0.15) is 42.6 Å². The Hall–Kier alpha value is -3.45. The molecule has 1 aliphatic rings. The number of amides is 1. The van der Waals surface area contributed by atoms with Gasteiger partial charge in [0, 0.05) is 18.3 Å². The van der Waals surface area contributed by atoms with E-state index in [1.165, 1.54) is 12.1 Å². The number of imidazole rings is 1. The molecule has 33 heavy (non-hydrogen) atoms. The first-order chi connectivity index (χ1) is 15.9. The number of hydrogen-bond acceptors (Lipinski definition) is 4.